The minimum absolute atomic E-state index is 0.0937. The number of phenols is 1. The molecule has 6 nitrogen and oxygen atoms in total. The van der Waals surface area contributed by atoms with Crippen LogP contribution in [0.5, 0.6) is 5.75 Å². The van der Waals surface area contributed by atoms with Crippen molar-refractivity contribution in [1.82, 2.24) is 4.98 Å². The average molecular weight is 384 g/mol. The number of aromatic nitrogens is 1. The molecule has 0 saturated heterocycles. The van der Waals surface area contributed by atoms with Gasteiger partial charge in [-0.05, 0) is 47.9 Å². The number of nitriles is 1. The molecular weight excluding hydrogens is 364 g/mol. The number of aromatic hydroxyl groups is 1. The number of nitrogens with one attached hydrogen (secondary N) is 2. The van der Waals surface area contributed by atoms with Crippen molar-refractivity contribution in [1.29, 1.82) is 5.26 Å². The van der Waals surface area contributed by atoms with Crippen LogP contribution in [0, 0.1) is 11.3 Å². The van der Waals surface area contributed by atoms with Gasteiger partial charge in [-0.15, -0.1) is 0 Å². The summed E-state index contributed by atoms with van der Waals surface area (Å²) in [6, 6.07) is 14.5. The van der Waals surface area contributed by atoms with E-state index >= 15 is 0 Å². The van der Waals surface area contributed by atoms with E-state index in [1.165, 1.54) is 0 Å². The number of carbonyl (C=O) groups excluding carboxylic acids is 1. The largest absolute Gasteiger partial charge is 0.508 e. The Hall–Kier alpha value is -3.85. The molecule has 1 aromatic heterocycles. The van der Waals surface area contributed by atoms with Crippen LogP contribution < -0.4 is 10.6 Å². The maximum atomic E-state index is 13.0. The fourth-order valence-electron chi connectivity index (χ4n) is 3.54. The monoisotopic (exact) mass is 384 g/mol. The number of fused-ring (bicyclic) bond motifs is 2. The molecule has 1 aliphatic heterocycles. The number of Topliss-reactive ketones (excluding diaryl/α,β-unsaturated/α-hetero) is 1. The van der Waals surface area contributed by atoms with Gasteiger partial charge in [-0.2, -0.15) is 5.26 Å². The topological polar surface area (TPSA) is 98.0 Å². The first kappa shape index (κ1) is 18.5. The van der Waals surface area contributed by atoms with Crippen LogP contribution in [-0.2, 0) is 12.8 Å². The molecule has 2 heterocycles. The van der Waals surface area contributed by atoms with Crippen molar-refractivity contribution in [3.8, 4) is 11.8 Å². The highest BCUT2D eigenvalue weighted by Crippen LogP contribution is 2.35. The quantitative estimate of drug-likeness (QED) is 0.595. The fraction of sp³-hybridized carbons (Fsp3) is 0.174. The van der Waals surface area contributed by atoms with Gasteiger partial charge in [0, 0.05) is 30.1 Å². The molecule has 0 amide bonds. The minimum atomic E-state index is -0.0937. The Morgan fingerprint density at radius 3 is 2.86 bits per heavy atom. The number of benzene rings is 2. The van der Waals surface area contributed by atoms with Gasteiger partial charge in [0.05, 0.1) is 22.9 Å². The molecule has 0 radical (unpaired) electrons. The first-order chi connectivity index (χ1) is 14.1. The second kappa shape index (κ2) is 7.64. The first-order valence-corrected chi connectivity index (χ1v) is 9.50. The Balaban J connectivity index is 1.69. The Kier molecular flexibility index (Phi) is 4.88. The van der Waals surface area contributed by atoms with E-state index in [0.717, 1.165) is 29.7 Å². The van der Waals surface area contributed by atoms with E-state index in [9.17, 15) is 9.90 Å². The number of pyridine rings is 1. The van der Waals surface area contributed by atoms with Crippen molar-refractivity contribution < 1.29 is 9.90 Å². The summed E-state index contributed by atoms with van der Waals surface area (Å²) in [5.74, 6) is 0.608. The molecule has 3 N–H and O–H groups in total. The smallest absolute Gasteiger partial charge is 0.173 e. The molecule has 6 heteroatoms. The van der Waals surface area contributed by atoms with E-state index < -0.39 is 0 Å². The molecule has 0 saturated carbocycles. The van der Waals surface area contributed by atoms with Crippen LogP contribution in [0.1, 0.15) is 40.4 Å². The molecule has 1 aliphatic rings. The van der Waals surface area contributed by atoms with Crippen LogP contribution in [0.15, 0.2) is 48.7 Å². The number of aryl methyl sites for hydroxylation is 1. The SMILES string of the molecule is CCCc1ccc(Nc2ccnc3c2C(=O)Cc2cc(C#N)ccc2N3)cc1O. The van der Waals surface area contributed by atoms with Gasteiger partial charge in [0.2, 0.25) is 0 Å². The molecule has 0 unspecified atom stereocenters. The van der Waals surface area contributed by atoms with E-state index in [1.807, 2.05) is 12.1 Å². The predicted molar refractivity (Wildman–Crippen MR) is 112 cm³/mol. The zero-order valence-corrected chi connectivity index (χ0v) is 16.0. The van der Waals surface area contributed by atoms with Crippen LogP contribution in [-0.4, -0.2) is 15.9 Å². The van der Waals surface area contributed by atoms with Crippen LogP contribution >= 0.6 is 0 Å². The third-order valence-corrected chi connectivity index (χ3v) is 4.95. The number of carbonyl (C=O) groups is 1. The average Bonchev–Trinajstić information content (AvgIpc) is 2.85. The van der Waals surface area contributed by atoms with Crippen LogP contribution in [0.25, 0.3) is 0 Å². The molecule has 3 aromatic rings. The second-order valence-electron chi connectivity index (χ2n) is 7.01. The summed E-state index contributed by atoms with van der Waals surface area (Å²) < 4.78 is 0. The lowest BCUT2D eigenvalue weighted by atomic mass is 10.0. The van der Waals surface area contributed by atoms with E-state index in [-0.39, 0.29) is 18.0 Å². The second-order valence-corrected chi connectivity index (χ2v) is 7.01. The molecule has 0 fully saturated rings. The van der Waals surface area contributed by atoms with Gasteiger partial charge in [-0.3, -0.25) is 4.79 Å². The lowest BCUT2D eigenvalue weighted by molar-refractivity contribution is 0.0995. The van der Waals surface area contributed by atoms with Gasteiger partial charge in [-0.25, -0.2) is 4.98 Å². The van der Waals surface area contributed by atoms with Gasteiger partial charge in [0.15, 0.2) is 5.78 Å². The zero-order valence-electron chi connectivity index (χ0n) is 16.0. The molecule has 0 bridgehead atoms. The zero-order chi connectivity index (χ0) is 20.4. The molecule has 4 rings (SSSR count). The van der Waals surface area contributed by atoms with E-state index in [0.29, 0.717) is 28.3 Å². The summed E-state index contributed by atoms with van der Waals surface area (Å²) in [5.41, 5.74) is 4.70. The van der Waals surface area contributed by atoms with Crippen LogP contribution in [0.2, 0.25) is 0 Å². The molecule has 144 valence electrons. The lowest BCUT2D eigenvalue weighted by Crippen LogP contribution is -2.08. The summed E-state index contributed by atoms with van der Waals surface area (Å²) in [6.45, 7) is 2.06. The van der Waals surface area contributed by atoms with Crippen molar-refractivity contribution in [3.05, 3.63) is 70.9 Å². The summed E-state index contributed by atoms with van der Waals surface area (Å²) in [5, 5.41) is 25.8. The van der Waals surface area contributed by atoms with Crippen LogP contribution in [0.3, 0.4) is 0 Å². The van der Waals surface area contributed by atoms with Gasteiger partial charge >= 0.3 is 0 Å². The molecule has 2 aromatic carbocycles. The maximum absolute atomic E-state index is 13.0. The van der Waals surface area contributed by atoms with Gasteiger partial charge in [0.25, 0.3) is 0 Å². The molecule has 29 heavy (non-hydrogen) atoms. The van der Waals surface area contributed by atoms with Gasteiger partial charge in [-0.1, -0.05) is 19.4 Å². The summed E-state index contributed by atoms with van der Waals surface area (Å²) in [7, 11) is 0. The Labute approximate surface area is 168 Å². The fourth-order valence-corrected chi connectivity index (χ4v) is 3.54. The standard InChI is InChI=1S/C23H20N4O2/c1-2-3-15-5-6-17(12-20(15)28)26-19-8-9-25-23-22(19)21(29)11-16-10-14(13-24)4-7-18(16)27-23/h4-10,12,28H,2-3,11H2,1H3,(H2,25,26,27). The number of ketones is 1. The third kappa shape index (κ3) is 3.63. The number of hydrogen-bond acceptors (Lipinski definition) is 6. The third-order valence-electron chi connectivity index (χ3n) is 4.95. The van der Waals surface area contributed by atoms with E-state index in [1.54, 1.807) is 36.5 Å². The molecular formula is C23H20N4O2. The molecule has 0 spiro atoms. The normalized spacial score (nSPS) is 12.2. The highest BCUT2D eigenvalue weighted by atomic mass is 16.3. The van der Waals surface area contributed by atoms with Crippen molar-refractivity contribution in [3.63, 3.8) is 0 Å². The predicted octanol–water partition coefficient (Wildman–Crippen LogP) is 4.84. The number of rotatable bonds is 4. The highest BCUT2D eigenvalue weighted by Gasteiger charge is 2.24. The summed E-state index contributed by atoms with van der Waals surface area (Å²) in [6.07, 6.45) is 3.56. The first-order valence-electron chi connectivity index (χ1n) is 9.50. The highest BCUT2D eigenvalue weighted by molar-refractivity contribution is 6.09. The molecule has 0 atom stereocenters. The maximum Gasteiger partial charge on any atom is 0.173 e. The number of phenolic OH excluding ortho intramolecular Hbond substituents is 1. The lowest BCUT2D eigenvalue weighted by Gasteiger charge is -2.14. The Bertz CT molecular complexity index is 1150. The van der Waals surface area contributed by atoms with Crippen molar-refractivity contribution in [2.75, 3.05) is 10.6 Å². The van der Waals surface area contributed by atoms with Gasteiger partial charge < -0.3 is 15.7 Å². The van der Waals surface area contributed by atoms with Crippen molar-refractivity contribution in [2.45, 2.75) is 26.2 Å². The Morgan fingerprint density at radius 1 is 1.24 bits per heavy atom. The summed E-state index contributed by atoms with van der Waals surface area (Å²) in [4.78, 5) is 17.4. The van der Waals surface area contributed by atoms with Crippen molar-refractivity contribution in [2.24, 2.45) is 0 Å². The van der Waals surface area contributed by atoms with Crippen molar-refractivity contribution >= 4 is 28.7 Å². The van der Waals surface area contributed by atoms with E-state index in [2.05, 4.69) is 28.6 Å². The van der Waals surface area contributed by atoms with Crippen LogP contribution in [0.4, 0.5) is 22.9 Å². The summed E-state index contributed by atoms with van der Waals surface area (Å²) >= 11 is 0. The minimum Gasteiger partial charge on any atom is -0.508 e. The number of anilines is 4. The molecule has 0 aliphatic carbocycles. The Morgan fingerprint density at radius 2 is 2.10 bits per heavy atom. The van der Waals surface area contributed by atoms with Gasteiger partial charge in [0.1, 0.15) is 11.6 Å². The van der Waals surface area contributed by atoms with E-state index in [4.69, 9.17) is 5.26 Å². The number of hydrogen-bond donors (Lipinski definition) is 3. The number of nitrogens with zero attached hydrogens (tertiary/aromatic N) is 2.